The summed E-state index contributed by atoms with van der Waals surface area (Å²) in [7, 11) is 0. The van der Waals surface area contributed by atoms with Crippen LogP contribution >= 0.6 is 34.4 Å². The summed E-state index contributed by atoms with van der Waals surface area (Å²) in [5, 5.41) is 9.75. The maximum absolute atomic E-state index is 12.7. The number of thioether (sulfide) groups is 1. The van der Waals surface area contributed by atoms with Crippen LogP contribution in [-0.2, 0) is 14.3 Å². The normalized spacial score (nSPS) is 19.2. The summed E-state index contributed by atoms with van der Waals surface area (Å²) in [5.74, 6) is -0.291. The van der Waals surface area contributed by atoms with E-state index in [9.17, 15) is 14.4 Å². The summed E-state index contributed by atoms with van der Waals surface area (Å²) in [5.41, 5.74) is 0.854. The molecule has 0 N–H and O–H groups in total. The molecule has 10 heteroatoms. The van der Waals surface area contributed by atoms with Gasteiger partial charge in [0.05, 0.1) is 16.6 Å². The third-order valence-corrected chi connectivity index (χ3v) is 7.15. The van der Waals surface area contributed by atoms with Crippen LogP contribution in [0.4, 0.5) is 4.79 Å². The second-order valence-electron chi connectivity index (χ2n) is 6.19. The lowest BCUT2D eigenvalue weighted by molar-refractivity contribution is -0.153. The van der Waals surface area contributed by atoms with Gasteiger partial charge < -0.3 is 9.64 Å². The Kier molecular flexibility index (Phi) is 5.79. The van der Waals surface area contributed by atoms with E-state index >= 15 is 0 Å². The van der Waals surface area contributed by atoms with Crippen molar-refractivity contribution in [3.8, 4) is 0 Å². The van der Waals surface area contributed by atoms with Gasteiger partial charge in [0.1, 0.15) is 6.54 Å². The molecular formula is C18H17N3O4S3. The molecule has 0 aromatic carbocycles. The average Bonchev–Trinajstić information content (AvgIpc) is 3.45. The first-order valence-corrected chi connectivity index (χ1v) is 11.4. The number of esters is 1. The monoisotopic (exact) mass is 435 g/mol. The van der Waals surface area contributed by atoms with Crippen molar-refractivity contribution in [1.29, 1.82) is 0 Å². The van der Waals surface area contributed by atoms with Crippen molar-refractivity contribution in [3.05, 3.63) is 44.8 Å². The van der Waals surface area contributed by atoms with Crippen LogP contribution in [0.25, 0.3) is 0 Å². The lowest BCUT2D eigenvalue weighted by Gasteiger charge is -2.20. The van der Waals surface area contributed by atoms with Gasteiger partial charge in [-0.25, -0.2) is 5.01 Å². The van der Waals surface area contributed by atoms with E-state index < -0.39 is 12.6 Å². The number of hydrazone groups is 1. The number of amides is 2. The molecule has 1 fully saturated rings. The van der Waals surface area contributed by atoms with Crippen molar-refractivity contribution in [3.63, 3.8) is 0 Å². The molecule has 1 atom stereocenters. The van der Waals surface area contributed by atoms with Crippen LogP contribution in [0, 0.1) is 0 Å². The Morgan fingerprint density at radius 1 is 1.21 bits per heavy atom. The highest BCUT2D eigenvalue weighted by atomic mass is 32.2. The van der Waals surface area contributed by atoms with Gasteiger partial charge in [-0.1, -0.05) is 23.9 Å². The van der Waals surface area contributed by atoms with E-state index in [0.717, 1.165) is 15.5 Å². The third kappa shape index (κ3) is 4.13. The van der Waals surface area contributed by atoms with E-state index in [1.54, 1.807) is 22.7 Å². The average molecular weight is 436 g/mol. The molecule has 2 amide bonds. The third-order valence-electron chi connectivity index (χ3n) is 4.36. The van der Waals surface area contributed by atoms with Crippen LogP contribution in [0.3, 0.4) is 0 Å². The van der Waals surface area contributed by atoms with E-state index in [2.05, 4.69) is 5.10 Å². The van der Waals surface area contributed by atoms with Gasteiger partial charge in [-0.05, 0) is 22.9 Å². The summed E-state index contributed by atoms with van der Waals surface area (Å²) in [6.07, 6.45) is 0.625. The number of carbonyl (C=O) groups excluding carboxylic acids is 3. The predicted octanol–water partition coefficient (Wildman–Crippen LogP) is 3.20. The topological polar surface area (TPSA) is 79.3 Å². The molecule has 0 radical (unpaired) electrons. The highest BCUT2D eigenvalue weighted by Crippen LogP contribution is 2.35. The predicted molar refractivity (Wildman–Crippen MR) is 110 cm³/mol. The first-order valence-electron chi connectivity index (χ1n) is 8.66. The molecule has 2 aromatic rings. The Hall–Kier alpha value is -2.17. The van der Waals surface area contributed by atoms with E-state index in [0.29, 0.717) is 18.7 Å². The fourth-order valence-corrected chi connectivity index (χ4v) is 5.37. The number of hydrogen-bond donors (Lipinski definition) is 0. The molecule has 2 aromatic heterocycles. The second-order valence-corrected chi connectivity index (χ2v) is 9.17. The van der Waals surface area contributed by atoms with Crippen LogP contribution in [-0.4, -0.2) is 58.2 Å². The van der Waals surface area contributed by atoms with Gasteiger partial charge in [0.15, 0.2) is 6.61 Å². The number of carbonyl (C=O) groups is 3. The fraction of sp³-hybridized carbons (Fsp3) is 0.333. The molecule has 2 aliphatic rings. The zero-order valence-corrected chi connectivity index (χ0v) is 17.2. The zero-order chi connectivity index (χ0) is 19.5. The quantitative estimate of drug-likeness (QED) is 0.651. The van der Waals surface area contributed by atoms with Crippen LogP contribution in [0.1, 0.15) is 22.2 Å². The standard InChI is InChI=1S/C18H17N3O4S3/c22-16(11-25-17(23)10-20-5-8-28-18(20)24)21-13(15-4-2-7-27-15)9-12(19-21)14-3-1-6-26-14/h1-4,6-7,13H,5,8-11H2/t13-/m0/s1. The lowest BCUT2D eigenvalue weighted by Crippen LogP contribution is -2.34. The number of ether oxygens (including phenoxy) is 1. The SMILES string of the molecule is O=C(CN1CCSC1=O)OCC(=O)N1N=C(c2cccs2)C[C@H]1c1cccs1. The van der Waals surface area contributed by atoms with Crippen molar-refractivity contribution >= 4 is 57.3 Å². The maximum Gasteiger partial charge on any atom is 0.326 e. The molecule has 4 rings (SSSR count). The molecule has 4 heterocycles. The van der Waals surface area contributed by atoms with E-state index in [-0.39, 0.29) is 23.7 Å². The second kappa shape index (κ2) is 8.46. The Balaban J connectivity index is 1.41. The smallest absolute Gasteiger partial charge is 0.326 e. The molecule has 0 spiro atoms. The summed E-state index contributed by atoms with van der Waals surface area (Å²) in [6.45, 7) is 0.00186. The molecular weight excluding hydrogens is 418 g/mol. The minimum absolute atomic E-state index is 0.128. The maximum atomic E-state index is 12.7. The van der Waals surface area contributed by atoms with Crippen molar-refractivity contribution in [2.45, 2.75) is 12.5 Å². The first-order chi connectivity index (χ1) is 13.6. The number of thiophene rings is 2. The fourth-order valence-electron chi connectivity index (χ4n) is 3.01. The zero-order valence-electron chi connectivity index (χ0n) is 14.8. The summed E-state index contributed by atoms with van der Waals surface area (Å²) < 4.78 is 5.12. The molecule has 2 aliphatic heterocycles. The van der Waals surface area contributed by atoms with Crippen molar-refractivity contribution in [2.75, 3.05) is 25.4 Å². The Morgan fingerprint density at radius 3 is 2.71 bits per heavy atom. The largest absolute Gasteiger partial charge is 0.454 e. The first kappa shape index (κ1) is 19.2. The molecule has 0 bridgehead atoms. The van der Waals surface area contributed by atoms with Crippen molar-refractivity contribution < 1.29 is 19.1 Å². The lowest BCUT2D eigenvalue weighted by atomic mass is 10.1. The van der Waals surface area contributed by atoms with Crippen molar-refractivity contribution in [2.24, 2.45) is 5.10 Å². The Bertz CT molecular complexity index is 895. The molecule has 0 saturated carbocycles. The summed E-state index contributed by atoms with van der Waals surface area (Å²) in [4.78, 5) is 39.8. The van der Waals surface area contributed by atoms with E-state index in [4.69, 9.17) is 4.74 Å². The molecule has 7 nitrogen and oxygen atoms in total. The summed E-state index contributed by atoms with van der Waals surface area (Å²) >= 11 is 4.33. The van der Waals surface area contributed by atoms with Crippen LogP contribution < -0.4 is 0 Å². The summed E-state index contributed by atoms with van der Waals surface area (Å²) in [6, 6.07) is 7.66. The van der Waals surface area contributed by atoms with Gasteiger partial charge in [0.25, 0.3) is 11.1 Å². The van der Waals surface area contributed by atoms with Crippen molar-refractivity contribution in [1.82, 2.24) is 9.91 Å². The molecule has 28 heavy (non-hydrogen) atoms. The van der Waals surface area contributed by atoms with Gasteiger partial charge in [-0.3, -0.25) is 14.4 Å². The number of nitrogens with zero attached hydrogens (tertiary/aromatic N) is 3. The van der Waals surface area contributed by atoms with Crippen LogP contribution in [0.5, 0.6) is 0 Å². The Labute approximate surface area is 174 Å². The molecule has 1 saturated heterocycles. The van der Waals surface area contributed by atoms with Gasteiger partial charge in [-0.15, -0.1) is 22.7 Å². The van der Waals surface area contributed by atoms with Crippen LogP contribution in [0.15, 0.2) is 40.1 Å². The highest BCUT2D eigenvalue weighted by molar-refractivity contribution is 8.13. The number of rotatable bonds is 6. The minimum atomic E-state index is -0.585. The van der Waals surface area contributed by atoms with E-state index in [1.165, 1.54) is 21.7 Å². The molecule has 0 unspecified atom stereocenters. The molecule has 146 valence electrons. The van der Waals surface area contributed by atoms with Gasteiger partial charge in [0, 0.05) is 23.6 Å². The van der Waals surface area contributed by atoms with Gasteiger partial charge >= 0.3 is 5.97 Å². The Morgan fingerprint density at radius 2 is 2.04 bits per heavy atom. The van der Waals surface area contributed by atoms with E-state index in [1.807, 2.05) is 35.0 Å². The number of hydrogen-bond acceptors (Lipinski definition) is 8. The highest BCUT2D eigenvalue weighted by Gasteiger charge is 2.34. The van der Waals surface area contributed by atoms with Gasteiger partial charge in [0.2, 0.25) is 0 Å². The molecule has 0 aliphatic carbocycles. The minimum Gasteiger partial charge on any atom is -0.454 e. The van der Waals surface area contributed by atoms with Gasteiger partial charge in [-0.2, -0.15) is 5.10 Å². The van der Waals surface area contributed by atoms with Crippen LogP contribution in [0.2, 0.25) is 0 Å².